The van der Waals surface area contributed by atoms with Gasteiger partial charge in [-0.15, -0.1) is 0 Å². The topological polar surface area (TPSA) is 55.6 Å². The SMILES string of the molecule is CC(C)(C)OC(=O)N1CCCC(N)(CCc2cccc(C(F)(F)F)c2)C1. The Hall–Kier alpha value is -1.76. The van der Waals surface area contributed by atoms with Crippen molar-refractivity contribution in [3.63, 3.8) is 0 Å². The number of halogens is 3. The van der Waals surface area contributed by atoms with Crippen LogP contribution in [0.15, 0.2) is 24.3 Å². The molecule has 146 valence electrons. The molecule has 2 N–H and O–H groups in total. The van der Waals surface area contributed by atoms with Crippen molar-refractivity contribution in [2.24, 2.45) is 5.73 Å². The first kappa shape index (κ1) is 20.6. The third kappa shape index (κ3) is 5.90. The summed E-state index contributed by atoms with van der Waals surface area (Å²) in [6.07, 6.45) is -2.33. The zero-order valence-corrected chi connectivity index (χ0v) is 15.5. The Balaban J connectivity index is 1.99. The summed E-state index contributed by atoms with van der Waals surface area (Å²) < 4.78 is 43.9. The van der Waals surface area contributed by atoms with Crippen molar-refractivity contribution in [2.75, 3.05) is 13.1 Å². The quantitative estimate of drug-likeness (QED) is 0.857. The number of nitrogens with zero attached hydrogens (tertiary/aromatic N) is 1. The van der Waals surface area contributed by atoms with E-state index in [4.69, 9.17) is 10.5 Å². The Morgan fingerprint density at radius 3 is 2.62 bits per heavy atom. The molecule has 1 saturated heterocycles. The lowest BCUT2D eigenvalue weighted by Crippen LogP contribution is -2.56. The molecule has 1 unspecified atom stereocenters. The Morgan fingerprint density at radius 2 is 2.00 bits per heavy atom. The van der Waals surface area contributed by atoms with Crippen LogP contribution in [0.3, 0.4) is 0 Å². The van der Waals surface area contributed by atoms with Crippen LogP contribution in [-0.2, 0) is 17.3 Å². The predicted octanol–water partition coefficient (Wildman–Crippen LogP) is 4.37. The first-order valence-electron chi connectivity index (χ1n) is 8.81. The second kappa shape index (κ2) is 7.47. The lowest BCUT2D eigenvalue weighted by atomic mass is 9.84. The number of piperidine rings is 1. The Kier molecular flexibility index (Phi) is 5.90. The molecule has 1 amide bonds. The molecule has 0 saturated carbocycles. The van der Waals surface area contributed by atoms with E-state index in [0.717, 1.165) is 25.0 Å². The molecular formula is C19H27F3N2O2. The highest BCUT2D eigenvalue weighted by Crippen LogP contribution is 2.31. The largest absolute Gasteiger partial charge is 0.444 e. The summed E-state index contributed by atoms with van der Waals surface area (Å²) >= 11 is 0. The standard InChI is InChI=1S/C19H27F3N2O2/c1-17(2,3)26-16(25)24-11-5-9-18(23,13-24)10-8-14-6-4-7-15(12-14)19(20,21)22/h4,6-7,12H,5,8-11,13,23H2,1-3H3. The fourth-order valence-corrected chi connectivity index (χ4v) is 3.14. The molecule has 1 aliphatic rings. The fourth-order valence-electron chi connectivity index (χ4n) is 3.14. The first-order chi connectivity index (χ1) is 11.9. The van der Waals surface area contributed by atoms with Crippen molar-refractivity contribution in [3.05, 3.63) is 35.4 Å². The van der Waals surface area contributed by atoms with Gasteiger partial charge in [0.15, 0.2) is 0 Å². The van der Waals surface area contributed by atoms with Crippen molar-refractivity contribution in [1.82, 2.24) is 4.90 Å². The molecule has 0 aliphatic carbocycles. The normalized spacial score (nSPS) is 21.6. The molecule has 1 heterocycles. The lowest BCUT2D eigenvalue weighted by Gasteiger charge is -2.40. The van der Waals surface area contributed by atoms with Crippen molar-refractivity contribution in [2.45, 2.75) is 63.8 Å². The average Bonchev–Trinajstić information content (AvgIpc) is 2.51. The predicted molar refractivity (Wildman–Crippen MR) is 93.7 cm³/mol. The number of likely N-dealkylation sites (tertiary alicyclic amines) is 1. The van der Waals surface area contributed by atoms with E-state index in [1.54, 1.807) is 31.7 Å². The van der Waals surface area contributed by atoms with E-state index >= 15 is 0 Å². The molecule has 1 atom stereocenters. The zero-order chi connectivity index (χ0) is 19.6. The monoisotopic (exact) mass is 372 g/mol. The minimum absolute atomic E-state index is 0.348. The van der Waals surface area contributed by atoms with Crippen LogP contribution in [0.4, 0.5) is 18.0 Å². The second-order valence-electron chi connectivity index (χ2n) is 8.07. The van der Waals surface area contributed by atoms with Gasteiger partial charge in [0.2, 0.25) is 0 Å². The van der Waals surface area contributed by atoms with Gasteiger partial charge in [-0.3, -0.25) is 0 Å². The molecule has 1 aromatic carbocycles. The summed E-state index contributed by atoms with van der Waals surface area (Å²) in [5.74, 6) is 0. The van der Waals surface area contributed by atoms with Crippen LogP contribution in [0.5, 0.6) is 0 Å². The summed E-state index contributed by atoms with van der Waals surface area (Å²) in [4.78, 5) is 13.9. The van der Waals surface area contributed by atoms with Crippen LogP contribution in [0.1, 0.15) is 51.2 Å². The molecular weight excluding hydrogens is 345 g/mol. The number of hydrogen-bond donors (Lipinski definition) is 1. The van der Waals surface area contributed by atoms with Crippen molar-refractivity contribution >= 4 is 6.09 Å². The van der Waals surface area contributed by atoms with Gasteiger partial charge in [0.1, 0.15) is 5.60 Å². The van der Waals surface area contributed by atoms with Crippen LogP contribution in [0.2, 0.25) is 0 Å². The summed E-state index contributed by atoms with van der Waals surface area (Å²) in [7, 11) is 0. The summed E-state index contributed by atoms with van der Waals surface area (Å²) in [6, 6.07) is 5.31. The van der Waals surface area contributed by atoms with E-state index in [1.165, 1.54) is 6.07 Å². The fraction of sp³-hybridized carbons (Fsp3) is 0.632. The maximum Gasteiger partial charge on any atom is 0.416 e. The molecule has 1 fully saturated rings. The molecule has 7 heteroatoms. The minimum Gasteiger partial charge on any atom is -0.444 e. The maximum atomic E-state index is 12.8. The number of hydrogen-bond acceptors (Lipinski definition) is 3. The van der Waals surface area contributed by atoms with Crippen LogP contribution in [-0.4, -0.2) is 35.2 Å². The highest BCUT2D eigenvalue weighted by molar-refractivity contribution is 5.68. The van der Waals surface area contributed by atoms with Gasteiger partial charge in [0.05, 0.1) is 5.56 Å². The van der Waals surface area contributed by atoms with Gasteiger partial charge in [-0.25, -0.2) is 4.79 Å². The van der Waals surface area contributed by atoms with Gasteiger partial charge in [-0.1, -0.05) is 18.2 Å². The lowest BCUT2D eigenvalue weighted by molar-refractivity contribution is -0.137. The number of amides is 1. The molecule has 26 heavy (non-hydrogen) atoms. The number of benzene rings is 1. The Morgan fingerprint density at radius 1 is 1.31 bits per heavy atom. The van der Waals surface area contributed by atoms with E-state index < -0.39 is 29.0 Å². The smallest absolute Gasteiger partial charge is 0.416 e. The molecule has 4 nitrogen and oxygen atoms in total. The van der Waals surface area contributed by atoms with E-state index in [9.17, 15) is 18.0 Å². The van der Waals surface area contributed by atoms with Gasteiger partial charge in [-0.2, -0.15) is 13.2 Å². The van der Waals surface area contributed by atoms with Crippen molar-refractivity contribution in [1.29, 1.82) is 0 Å². The molecule has 0 bridgehead atoms. The number of nitrogens with two attached hydrogens (primary N) is 1. The molecule has 2 rings (SSSR count). The zero-order valence-electron chi connectivity index (χ0n) is 15.5. The number of aryl methyl sites for hydroxylation is 1. The molecule has 0 radical (unpaired) electrons. The number of carbonyl (C=O) groups excluding carboxylic acids is 1. The second-order valence-corrected chi connectivity index (χ2v) is 8.07. The molecule has 0 spiro atoms. The molecule has 0 aromatic heterocycles. The third-order valence-corrected chi connectivity index (χ3v) is 4.43. The van der Waals surface area contributed by atoms with E-state index in [-0.39, 0.29) is 0 Å². The van der Waals surface area contributed by atoms with Crippen molar-refractivity contribution in [3.8, 4) is 0 Å². The van der Waals surface area contributed by atoms with Gasteiger partial charge >= 0.3 is 12.3 Å². The number of rotatable bonds is 3. The van der Waals surface area contributed by atoms with Gasteiger partial charge < -0.3 is 15.4 Å². The highest BCUT2D eigenvalue weighted by Gasteiger charge is 2.35. The molecule has 1 aliphatic heterocycles. The van der Waals surface area contributed by atoms with Gasteiger partial charge in [0, 0.05) is 18.6 Å². The van der Waals surface area contributed by atoms with E-state index in [2.05, 4.69) is 0 Å². The minimum atomic E-state index is -4.35. The maximum absolute atomic E-state index is 12.8. The summed E-state index contributed by atoms with van der Waals surface area (Å²) in [5.41, 5.74) is 5.19. The van der Waals surface area contributed by atoms with Crippen LogP contribution in [0.25, 0.3) is 0 Å². The third-order valence-electron chi connectivity index (χ3n) is 4.43. The first-order valence-corrected chi connectivity index (χ1v) is 8.81. The summed E-state index contributed by atoms with van der Waals surface area (Å²) in [5, 5.41) is 0. The van der Waals surface area contributed by atoms with Crippen LogP contribution < -0.4 is 5.73 Å². The Labute approximate surface area is 152 Å². The number of alkyl halides is 3. The van der Waals surface area contributed by atoms with Gasteiger partial charge in [-0.05, 0) is 58.1 Å². The summed E-state index contributed by atoms with van der Waals surface area (Å²) in [6.45, 7) is 6.34. The number of carbonyl (C=O) groups is 1. The van der Waals surface area contributed by atoms with E-state index in [1.807, 2.05) is 0 Å². The Bertz CT molecular complexity index is 640. The number of ether oxygens (including phenoxy) is 1. The van der Waals surface area contributed by atoms with Crippen LogP contribution in [0, 0.1) is 0 Å². The van der Waals surface area contributed by atoms with Crippen LogP contribution >= 0.6 is 0 Å². The van der Waals surface area contributed by atoms with E-state index in [0.29, 0.717) is 31.5 Å². The highest BCUT2D eigenvalue weighted by atomic mass is 19.4. The van der Waals surface area contributed by atoms with Crippen molar-refractivity contribution < 1.29 is 22.7 Å². The molecule has 1 aromatic rings. The van der Waals surface area contributed by atoms with Gasteiger partial charge in [0.25, 0.3) is 0 Å². The average molecular weight is 372 g/mol.